The summed E-state index contributed by atoms with van der Waals surface area (Å²) in [5, 5.41) is 36.1. The predicted molar refractivity (Wildman–Crippen MR) is 510 cm³/mol. The van der Waals surface area contributed by atoms with E-state index in [4.69, 9.17) is 33.4 Å². The summed E-state index contributed by atoms with van der Waals surface area (Å²) in [5.41, 5.74) is 22.4. The molecule has 8 rings (SSSR count). The van der Waals surface area contributed by atoms with Crippen molar-refractivity contribution in [3.63, 3.8) is 0 Å². The quantitative estimate of drug-likeness (QED) is 0.00966. The summed E-state index contributed by atoms with van der Waals surface area (Å²) in [7, 11) is -11.7. The van der Waals surface area contributed by atoms with Crippen molar-refractivity contribution < 1.29 is 63.9 Å². The van der Waals surface area contributed by atoms with Gasteiger partial charge >= 0.3 is 5.97 Å². The number of carbonyl (C=O) groups excluding carboxylic acids is 6. The van der Waals surface area contributed by atoms with Gasteiger partial charge in [-0.15, -0.1) is 0 Å². The third-order valence-corrected chi connectivity index (χ3v) is 27.7. The Morgan fingerprint density at radius 1 is 0.480 bits per heavy atom. The van der Waals surface area contributed by atoms with Gasteiger partial charge in [0.25, 0.3) is 0 Å². The summed E-state index contributed by atoms with van der Waals surface area (Å²) in [6, 6.07) is 38.5. The van der Waals surface area contributed by atoms with E-state index >= 15 is 0 Å². The van der Waals surface area contributed by atoms with E-state index in [0.717, 1.165) is 38.6 Å². The van der Waals surface area contributed by atoms with Gasteiger partial charge in [0.1, 0.15) is 29.5 Å². The summed E-state index contributed by atoms with van der Waals surface area (Å²) >= 11 is 0. The fourth-order valence-electron chi connectivity index (χ4n) is 15.1. The molecule has 4 atom stereocenters. The van der Waals surface area contributed by atoms with Crippen LogP contribution in [0.5, 0.6) is 0 Å². The molecule has 0 saturated carbocycles. The SMILES string of the molecule is CC(C)(C)CC(=O)C1CCN(C(=O)[C@H](CCCCC(=N)N)NS(=O)(=O)c2ccc3ccccc3c2)CC1.CC(C)c1cc(C(C)C)c(S(=O)(=O)N[C@@H](CCCCC(=N)N)C(=O)N2CCC(C(=O)CC(C)(C)C)CC2)c(C(C)C)c1.CCC(C)(C)C.N=C(N)c1ccc(CCC(=O)[C@H](CCC(=O)O)NC(=O)[C@@H](CCc2ccccc2)CS(=O)(=O)Cc2ccccc2)cc1. The molecule has 0 aliphatic carbocycles. The molecule has 2 heterocycles. The largest absolute Gasteiger partial charge is 0.481 e. The maximum Gasteiger partial charge on any atom is 0.303 e. The first-order chi connectivity index (χ1) is 59.3. The van der Waals surface area contributed by atoms with E-state index in [1.807, 2.05) is 115 Å². The van der Waals surface area contributed by atoms with Crippen molar-refractivity contribution in [3.05, 3.63) is 178 Å². The van der Waals surface area contributed by atoms with Crippen LogP contribution in [0, 0.1) is 50.2 Å². The molecule has 700 valence electrons. The molecule has 2 aliphatic heterocycles. The molecule has 6 aromatic rings. The molecular weight excluding hydrogens is 1660 g/mol. The second-order valence-electron chi connectivity index (χ2n) is 38.7. The van der Waals surface area contributed by atoms with Crippen molar-refractivity contribution in [2.75, 3.05) is 31.9 Å². The normalized spacial score (nSPS) is 14.7. The summed E-state index contributed by atoms with van der Waals surface area (Å²) in [6.07, 6.45) is 9.05. The number of amidine groups is 3. The number of Topliss-reactive ketones (excluding diaryl/α,β-unsaturated/α-hetero) is 3. The lowest BCUT2D eigenvalue weighted by molar-refractivity contribution is -0.138. The average molecular weight is 1810 g/mol. The zero-order valence-electron chi connectivity index (χ0n) is 78.2. The van der Waals surface area contributed by atoms with Crippen LogP contribution in [0.3, 0.4) is 0 Å². The number of rotatable bonds is 42. The second-order valence-corrected chi connectivity index (χ2v) is 44.2. The smallest absolute Gasteiger partial charge is 0.303 e. The van der Waals surface area contributed by atoms with Gasteiger partial charge in [-0.05, 0) is 167 Å². The number of sulfone groups is 1. The number of sulfonamides is 2. The van der Waals surface area contributed by atoms with Crippen LogP contribution in [0.4, 0.5) is 0 Å². The Kier molecular flexibility index (Phi) is 43.1. The molecule has 6 aromatic carbocycles. The fraction of sp³-hybridized carbons (Fsp3) is 0.556. The first-order valence-corrected chi connectivity index (χ1v) is 49.8. The number of aliphatic carboxylic acids is 1. The second kappa shape index (κ2) is 50.6. The van der Waals surface area contributed by atoms with Crippen molar-refractivity contribution >= 4 is 99.2 Å². The summed E-state index contributed by atoms with van der Waals surface area (Å²) in [6.45, 7) is 35.2. The number of piperidine rings is 2. The molecule has 0 radical (unpaired) electrons. The predicted octanol–water partition coefficient (Wildman–Crippen LogP) is 16.8. The van der Waals surface area contributed by atoms with E-state index in [1.165, 1.54) is 6.42 Å². The van der Waals surface area contributed by atoms with Gasteiger partial charge in [-0.25, -0.2) is 25.3 Å². The van der Waals surface area contributed by atoms with Gasteiger partial charge in [-0.3, -0.25) is 49.8 Å². The Labute approximate surface area is 757 Å². The van der Waals surface area contributed by atoms with Crippen LogP contribution in [0.1, 0.15) is 289 Å². The highest BCUT2D eigenvalue weighted by atomic mass is 32.2. The maximum atomic E-state index is 14.2. The van der Waals surface area contributed by atoms with E-state index in [9.17, 15) is 63.9 Å². The molecular formula is C99H147N11O14S3. The van der Waals surface area contributed by atoms with Gasteiger partial charge in [-0.1, -0.05) is 257 Å². The molecule has 3 amide bonds. The number of carbonyl (C=O) groups is 7. The number of amides is 3. The molecule has 25 nitrogen and oxygen atoms in total. The van der Waals surface area contributed by atoms with Crippen LogP contribution in [0.15, 0.2) is 149 Å². The van der Waals surface area contributed by atoms with Crippen LogP contribution >= 0.6 is 0 Å². The zero-order valence-corrected chi connectivity index (χ0v) is 80.6. The fourth-order valence-corrected chi connectivity index (χ4v) is 20.0. The van der Waals surface area contributed by atoms with E-state index in [-0.39, 0.29) is 128 Å². The van der Waals surface area contributed by atoms with Crippen LogP contribution in [-0.4, -0.2) is 149 Å². The monoisotopic (exact) mass is 1810 g/mol. The minimum Gasteiger partial charge on any atom is -0.481 e. The lowest BCUT2D eigenvalue weighted by Crippen LogP contribution is -2.51. The minimum absolute atomic E-state index is 0.0258. The number of ketones is 3. The van der Waals surface area contributed by atoms with Gasteiger partial charge in [-0.2, -0.15) is 9.44 Å². The van der Waals surface area contributed by atoms with Crippen molar-refractivity contribution in [2.45, 2.75) is 297 Å². The highest BCUT2D eigenvalue weighted by Gasteiger charge is 2.39. The number of fused-ring (bicyclic) bond motifs is 1. The number of nitrogens with zero attached hydrogens (tertiary/aromatic N) is 2. The molecule has 2 aliphatic rings. The van der Waals surface area contributed by atoms with Crippen molar-refractivity contribution in [2.24, 2.45) is 51.2 Å². The standard InChI is InChI=1S/C33H56N4O4S.C32H37N3O6S.C28H40N4O4S.C6H14/c1-21(2)25-18-26(22(3)4)31(27(19-25)23(5)6)42(40,41)36-28(12-10-11-13-30(34)35)32(39)37-16-14-24(15-17-37)29(38)20-33(7,8)9;33-31(34)26-15-11-24(12-16-26)14-19-29(36)28(18-20-30(37)38)35-32(39)27(17-13-23-7-3-1-4-8-23)22-42(40,41)21-25-9-5-2-6-10-25;1-28(2,3)19-25(33)21-14-16-32(17-15-21)27(34)24(10-6-7-11-26(29)30)31-37(35,36)23-13-12-20-8-4-5-9-22(20)18-23;1-5-6(2,3)4/h18-19,21-24,28,36H,10-17,20H2,1-9H3,(H3,34,35);1-12,15-16,27-28H,13-14,17-22H2,(H3,33,34)(H,35,39)(H,37,38);4-5,8-9,12-13,18,21,24,31H,6-7,10-11,14-17,19H2,1-3H3,(H3,29,30);5H2,1-4H3/t28-;27-,28-;24-;/m000./s1. The molecule has 2 saturated heterocycles. The highest BCUT2D eigenvalue weighted by molar-refractivity contribution is 7.90. The van der Waals surface area contributed by atoms with Gasteiger partial charge in [0.2, 0.25) is 37.8 Å². The Morgan fingerprint density at radius 2 is 0.913 bits per heavy atom. The number of aryl methyl sites for hydroxylation is 2. The van der Waals surface area contributed by atoms with Gasteiger partial charge in [0.05, 0.1) is 44.9 Å². The van der Waals surface area contributed by atoms with E-state index in [0.29, 0.717) is 145 Å². The number of nitrogens with one attached hydrogen (secondary N) is 6. The first kappa shape index (κ1) is 108. The number of hydrogen-bond acceptors (Lipinski definition) is 16. The number of unbranched alkanes of at least 4 members (excludes halogenated alkanes) is 2. The topological polar surface area (TPSA) is 434 Å². The molecule has 28 heteroatoms. The summed E-state index contributed by atoms with van der Waals surface area (Å²) in [4.78, 5) is 94.7. The summed E-state index contributed by atoms with van der Waals surface area (Å²) in [5.74, 6) is -3.48. The Balaban J connectivity index is 0.000000327. The molecule has 0 unspecified atom stereocenters. The number of hydrogen-bond donors (Lipinski definition) is 10. The third kappa shape index (κ3) is 38.9. The Bertz CT molecular complexity index is 4960. The molecule has 0 spiro atoms. The van der Waals surface area contributed by atoms with Crippen LogP contribution in [0.2, 0.25) is 0 Å². The van der Waals surface area contributed by atoms with Crippen molar-refractivity contribution in [1.82, 2.24) is 24.6 Å². The molecule has 0 bridgehead atoms. The van der Waals surface area contributed by atoms with Gasteiger partial charge < -0.3 is 37.4 Å². The molecule has 0 aromatic heterocycles. The number of likely N-dealkylation sites (tertiary alicyclic amines) is 2. The summed E-state index contributed by atoms with van der Waals surface area (Å²) < 4.78 is 86.8. The van der Waals surface area contributed by atoms with Crippen molar-refractivity contribution in [1.29, 1.82) is 16.2 Å². The number of nitrogen functional groups attached to an aromatic ring is 1. The van der Waals surface area contributed by atoms with E-state index in [1.54, 1.807) is 82.6 Å². The third-order valence-electron chi connectivity index (χ3n) is 22.9. The number of nitrogens with two attached hydrogens (primary N) is 3. The molecule has 13 N–H and O–H groups in total. The minimum atomic E-state index is -4.05. The van der Waals surface area contributed by atoms with Crippen LogP contribution < -0.4 is 32.0 Å². The number of benzene rings is 6. The number of carboxylic acid groups (broad SMARTS) is 1. The van der Waals surface area contributed by atoms with Crippen molar-refractivity contribution in [3.8, 4) is 0 Å². The Hall–Kier alpha value is -9.35. The van der Waals surface area contributed by atoms with Crippen LogP contribution in [0.25, 0.3) is 10.8 Å². The van der Waals surface area contributed by atoms with E-state index < -0.39 is 71.6 Å². The first-order valence-electron chi connectivity index (χ1n) is 45.0. The maximum absolute atomic E-state index is 14.2. The average Bonchev–Trinajstić information content (AvgIpc) is 0.765. The van der Waals surface area contributed by atoms with Crippen LogP contribution in [-0.2, 0) is 82.0 Å². The van der Waals surface area contributed by atoms with E-state index in [2.05, 4.69) is 77.1 Å². The Morgan fingerprint density at radius 3 is 1.33 bits per heavy atom. The van der Waals surface area contributed by atoms with Gasteiger partial charge in [0.15, 0.2) is 15.6 Å². The zero-order chi connectivity index (χ0) is 95.0. The lowest BCUT2D eigenvalue weighted by Gasteiger charge is -2.35. The molecule has 2 fully saturated rings. The number of carboxylic acids is 1. The van der Waals surface area contributed by atoms with Gasteiger partial charge in [0, 0.05) is 82.1 Å². The highest BCUT2D eigenvalue weighted by Crippen LogP contribution is 2.37. The molecule has 127 heavy (non-hydrogen) atoms. The lowest BCUT2D eigenvalue weighted by atomic mass is 9.82.